The summed E-state index contributed by atoms with van der Waals surface area (Å²) in [5.41, 5.74) is -0.621. The van der Waals surface area contributed by atoms with Gasteiger partial charge in [0.2, 0.25) is 0 Å². The van der Waals surface area contributed by atoms with Crippen molar-refractivity contribution >= 4 is 40.9 Å². The number of aromatic nitrogens is 2. The molecule has 0 bridgehead atoms. The van der Waals surface area contributed by atoms with Crippen LogP contribution in [-0.2, 0) is 16.9 Å². The van der Waals surface area contributed by atoms with E-state index in [9.17, 15) is 9.90 Å². The van der Waals surface area contributed by atoms with E-state index in [0.29, 0.717) is 40.1 Å². The summed E-state index contributed by atoms with van der Waals surface area (Å²) in [5, 5.41) is 20.8. The van der Waals surface area contributed by atoms with Crippen molar-refractivity contribution in [3.63, 3.8) is 0 Å². The molecule has 2 N–H and O–H groups in total. The largest absolute Gasteiger partial charge is 0.481 e. The summed E-state index contributed by atoms with van der Waals surface area (Å²) in [4.78, 5) is 14.6. The van der Waals surface area contributed by atoms with Crippen molar-refractivity contribution in [3.05, 3.63) is 52.5 Å². The fourth-order valence-corrected chi connectivity index (χ4v) is 3.99. The standard InChI is InChI=1S/C16H18Cl2N2O3S/c17-12-3-4-13(14(18)8-12)16(23,9-20-6-5-19-11-20)10-24-7-1-2-15(21)22/h3-6,8,11,23H,1-2,7,9-10H2,(H,21,22). The predicted molar refractivity (Wildman–Crippen MR) is 96.8 cm³/mol. The van der Waals surface area contributed by atoms with Gasteiger partial charge in [0.1, 0.15) is 5.60 Å². The van der Waals surface area contributed by atoms with E-state index in [-0.39, 0.29) is 6.42 Å². The molecule has 8 heteroatoms. The first-order valence-corrected chi connectivity index (χ1v) is 9.25. The van der Waals surface area contributed by atoms with Gasteiger partial charge in [0, 0.05) is 40.2 Å². The zero-order valence-corrected chi connectivity index (χ0v) is 15.2. The van der Waals surface area contributed by atoms with Crippen LogP contribution in [0.15, 0.2) is 36.9 Å². The van der Waals surface area contributed by atoms with Gasteiger partial charge in [-0.25, -0.2) is 4.98 Å². The lowest BCUT2D eigenvalue weighted by Crippen LogP contribution is -2.34. The van der Waals surface area contributed by atoms with E-state index in [2.05, 4.69) is 4.98 Å². The van der Waals surface area contributed by atoms with Crippen LogP contribution >= 0.6 is 35.0 Å². The summed E-state index contributed by atoms with van der Waals surface area (Å²) in [7, 11) is 0. The molecule has 0 aliphatic heterocycles. The molecule has 2 aromatic rings. The molecule has 1 unspecified atom stereocenters. The smallest absolute Gasteiger partial charge is 0.303 e. The van der Waals surface area contributed by atoms with E-state index < -0.39 is 11.6 Å². The zero-order chi connectivity index (χ0) is 17.6. The van der Waals surface area contributed by atoms with Crippen LogP contribution in [-0.4, -0.2) is 37.2 Å². The lowest BCUT2D eigenvalue weighted by atomic mass is 9.95. The summed E-state index contributed by atoms with van der Waals surface area (Å²) in [6.07, 6.45) is 5.71. The van der Waals surface area contributed by atoms with Crippen LogP contribution in [0, 0.1) is 0 Å². The monoisotopic (exact) mass is 388 g/mol. The van der Waals surface area contributed by atoms with Gasteiger partial charge in [-0.05, 0) is 24.3 Å². The van der Waals surface area contributed by atoms with Crippen LogP contribution in [0.1, 0.15) is 18.4 Å². The van der Waals surface area contributed by atoms with Crippen LogP contribution in [0.5, 0.6) is 0 Å². The SMILES string of the molecule is O=C(O)CCCSCC(O)(Cn1ccnc1)c1ccc(Cl)cc1Cl. The number of nitrogens with zero attached hydrogens (tertiary/aromatic N) is 2. The lowest BCUT2D eigenvalue weighted by molar-refractivity contribution is -0.137. The molecule has 0 radical (unpaired) electrons. The summed E-state index contributed by atoms with van der Waals surface area (Å²) in [5.74, 6) is 0.209. The first-order chi connectivity index (χ1) is 11.4. The van der Waals surface area contributed by atoms with Crippen molar-refractivity contribution < 1.29 is 15.0 Å². The van der Waals surface area contributed by atoms with Gasteiger partial charge in [-0.1, -0.05) is 29.3 Å². The van der Waals surface area contributed by atoms with Gasteiger partial charge >= 0.3 is 5.97 Å². The minimum Gasteiger partial charge on any atom is -0.481 e. The van der Waals surface area contributed by atoms with E-state index in [1.165, 1.54) is 11.8 Å². The molecular formula is C16H18Cl2N2O3S. The number of carboxylic acid groups (broad SMARTS) is 1. The third-order valence-electron chi connectivity index (χ3n) is 3.46. The van der Waals surface area contributed by atoms with Crippen LogP contribution < -0.4 is 0 Å². The Balaban J connectivity index is 2.13. The number of aliphatic carboxylic acids is 1. The van der Waals surface area contributed by atoms with E-state index in [1.54, 1.807) is 41.5 Å². The number of benzene rings is 1. The number of hydrogen-bond acceptors (Lipinski definition) is 4. The Hall–Kier alpha value is -1.21. The minimum absolute atomic E-state index is 0.120. The average molecular weight is 389 g/mol. The Morgan fingerprint density at radius 3 is 2.79 bits per heavy atom. The molecule has 1 aromatic carbocycles. The number of rotatable bonds is 9. The zero-order valence-electron chi connectivity index (χ0n) is 12.9. The van der Waals surface area contributed by atoms with Gasteiger partial charge in [-0.2, -0.15) is 11.8 Å². The fourth-order valence-electron chi connectivity index (χ4n) is 2.32. The molecule has 0 spiro atoms. The summed E-state index contributed by atoms with van der Waals surface area (Å²) in [6, 6.07) is 5.02. The highest BCUT2D eigenvalue weighted by molar-refractivity contribution is 7.99. The minimum atomic E-state index is -1.21. The molecule has 0 saturated carbocycles. The van der Waals surface area contributed by atoms with Crippen molar-refractivity contribution in [2.24, 2.45) is 0 Å². The second-order valence-corrected chi connectivity index (χ2v) is 7.39. The molecule has 0 aliphatic rings. The highest BCUT2D eigenvalue weighted by atomic mass is 35.5. The molecule has 130 valence electrons. The van der Waals surface area contributed by atoms with Gasteiger partial charge in [0.15, 0.2) is 0 Å². The molecule has 2 rings (SSSR count). The maximum atomic E-state index is 11.2. The first kappa shape index (κ1) is 19.1. The Morgan fingerprint density at radius 2 is 2.17 bits per heavy atom. The first-order valence-electron chi connectivity index (χ1n) is 7.34. The number of carboxylic acids is 1. The fraction of sp³-hybridized carbons (Fsp3) is 0.375. The van der Waals surface area contributed by atoms with E-state index in [1.807, 2.05) is 0 Å². The maximum absolute atomic E-state index is 11.2. The molecule has 1 heterocycles. The van der Waals surface area contributed by atoms with Crippen LogP contribution in [0.3, 0.4) is 0 Å². The Bertz CT molecular complexity index is 682. The highest BCUT2D eigenvalue weighted by Crippen LogP contribution is 2.34. The van der Waals surface area contributed by atoms with E-state index in [0.717, 1.165) is 0 Å². The molecule has 24 heavy (non-hydrogen) atoms. The van der Waals surface area contributed by atoms with Crippen molar-refractivity contribution in [2.75, 3.05) is 11.5 Å². The summed E-state index contributed by atoms with van der Waals surface area (Å²) in [6.45, 7) is 0.292. The van der Waals surface area contributed by atoms with Crippen molar-refractivity contribution in [1.82, 2.24) is 9.55 Å². The Kier molecular flexibility index (Phi) is 6.98. The number of imidazole rings is 1. The average Bonchev–Trinajstić information content (AvgIpc) is 2.99. The Morgan fingerprint density at radius 1 is 1.38 bits per heavy atom. The topological polar surface area (TPSA) is 75.3 Å². The molecule has 5 nitrogen and oxygen atoms in total. The third kappa shape index (κ3) is 5.41. The molecule has 0 aliphatic carbocycles. The van der Waals surface area contributed by atoms with Crippen molar-refractivity contribution in [2.45, 2.75) is 25.0 Å². The lowest BCUT2D eigenvalue weighted by Gasteiger charge is -2.30. The van der Waals surface area contributed by atoms with Gasteiger partial charge in [0.25, 0.3) is 0 Å². The van der Waals surface area contributed by atoms with Crippen LogP contribution in [0.25, 0.3) is 0 Å². The predicted octanol–water partition coefficient (Wildman–Crippen LogP) is 3.68. The van der Waals surface area contributed by atoms with Gasteiger partial charge in [-0.3, -0.25) is 4.79 Å². The molecular weight excluding hydrogens is 371 g/mol. The third-order valence-corrected chi connectivity index (χ3v) is 5.26. The maximum Gasteiger partial charge on any atom is 0.303 e. The summed E-state index contributed by atoms with van der Waals surface area (Å²) >= 11 is 13.7. The number of halogens is 2. The van der Waals surface area contributed by atoms with Crippen molar-refractivity contribution in [1.29, 1.82) is 0 Å². The molecule has 0 saturated heterocycles. The van der Waals surface area contributed by atoms with Gasteiger partial charge in [0.05, 0.1) is 12.9 Å². The van der Waals surface area contributed by atoms with Gasteiger partial charge < -0.3 is 14.8 Å². The molecule has 1 aromatic heterocycles. The molecule has 0 fully saturated rings. The highest BCUT2D eigenvalue weighted by Gasteiger charge is 2.32. The summed E-state index contributed by atoms with van der Waals surface area (Å²) < 4.78 is 1.78. The van der Waals surface area contributed by atoms with Gasteiger partial charge in [-0.15, -0.1) is 0 Å². The van der Waals surface area contributed by atoms with Crippen LogP contribution in [0.4, 0.5) is 0 Å². The second kappa shape index (κ2) is 8.76. The number of thioether (sulfide) groups is 1. The van der Waals surface area contributed by atoms with Crippen molar-refractivity contribution in [3.8, 4) is 0 Å². The van der Waals surface area contributed by atoms with E-state index in [4.69, 9.17) is 28.3 Å². The quantitative estimate of drug-likeness (QED) is 0.640. The van der Waals surface area contributed by atoms with E-state index >= 15 is 0 Å². The van der Waals surface area contributed by atoms with Crippen LogP contribution in [0.2, 0.25) is 10.0 Å². The number of hydrogen-bond donors (Lipinski definition) is 2. The molecule has 0 amide bonds. The number of aliphatic hydroxyl groups is 1. The second-order valence-electron chi connectivity index (χ2n) is 5.44. The molecule has 1 atom stereocenters. The Labute approximate surface area is 154 Å². The normalized spacial score (nSPS) is 13.6. The number of carbonyl (C=O) groups is 1.